The number of nitrogens with one attached hydrogen (secondary N) is 1. The molecule has 2 heterocycles. The maximum atomic E-state index is 12.7. The highest BCUT2D eigenvalue weighted by Gasteiger charge is 2.23. The lowest BCUT2D eigenvalue weighted by Gasteiger charge is -2.36. The maximum Gasteiger partial charge on any atom is 0.322 e. The van der Waals surface area contributed by atoms with E-state index < -0.39 is 0 Å². The highest BCUT2D eigenvalue weighted by Crippen LogP contribution is 2.27. The van der Waals surface area contributed by atoms with Crippen LogP contribution in [0.3, 0.4) is 0 Å². The normalized spacial score (nSPS) is 14.2. The first-order chi connectivity index (χ1) is 13.7. The van der Waals surface area contributed by atoms with Crippen LogP contribution in [0.1, 0.15) is 5.56 Å². The quantitative estimate of drug-likeness (QED) is 0.753. The Morgan fingerprint density at radius 1 is 1.07 bits per heavy atom. The van der Waals surface area contributed by atoms with Crippen LogP contribution in [0.15, 0.2) is 54.7 Å². The zero-order chi connectivity index (χ0) is 19.5. The van der Waals surface area contributed by atoms with Gasteiger partial charge in [0.1, 0.15) is 5.75 Å². The summed E-state index contributed by atoms with van der Waals surface area (Å²) < 4.78 is 5.36. The number of amides is 2. The number of fused-ring (bicyclic) bond motifs is 1. The second-order valence-corrected chi connectivity index (χ2v) is 6.96. The predicted molar refractivity (Wildman–Crippen MR) is 112 cm³/mol. The number of carbonyl (C=O) groups excluding carboxylic acids is 1. The van der Waals surface area contributed by atoms with Crippen LogP contribution in [-0.4, -0.2) is 49.2 Å². The van der Waals surface area contributed by atoms with Crippen LogP contribution in [0.25, 0.3) is 10.9 Å². The molecule has 6 nitrogen and oxygen atoms in total. The van der Waals surface area contributed by atoms with Crippen molar-refractivity contribution >= 4 is 28.3 Å². The fraction of sp³-hybridized carbons (Fsp3) is 0.273. The number of methoxy groups -OCH3 is 1. The van der Waals surface area contributed by atoms with E-state index in [0.29, 0.717) is 24.5 Å². The molecule has 0 saturated carbocycles. The Labute approximate surface area is 164 Å². The Kier molecular flexibility index (Phi) is 5.02. The van der Waals surface area contributed by atoms with E-state index in [4.69, 9.17) is 4.74 Å². The van der Waals surface area contributed by atoms with Crippen molar-refractivity contribution in [3.05, 3.63) is 60.3 Å². The number of nitrogens with zero attached hydrogens (tertiary/aromatic N) is 3. The number of hydrogen-bond donors (Lipinski definition) is 1. The third-order valence-corrected chi connectivity index (χ3v) is 5.12. The molecule has 1 saturated heterocycles. The molecular formula is C22H24N4O2. The first-order valence-electron chi connectivity index (χ1n) is 9.45. The van der Waals surface area contributed by atoms with E-state index in [0.717, 1.165) is 35.2 Å². The van der Waals surface area contributed by atoms with E-state index in [-0.39, 0.29) is 6.03 Å². The molecule has 3 aromatic rings. The summed E-state index contributed by atoms with van der Waals surface area (Å²) in [5.74, 6) is 0.666. The van der Waals surface area contributed by atoms with Crippen LogP contribution in [0.5, 0.6) is 5.75 Å². The van der Waals surface area contributed by atoms with Gasteiger partial charge in [-0.15, -0.1) is 0 Å². The van der Waals surface area contributed by atoms with Gasteiger partial charge < -0.3 is 19.9 Å². The summed E-state index contributed by atoms with van der Waals surface area (Å²) in [5, 5.41) is 4.12. The molecule has 144 valence electrons. The highest BCUT2D eigenvalue weighted by molar-refractivity contribution is 5.92. The lowest BCUT2D eigenvalue weighted by molar-refractivity contribution is 0.208. The first-order valence-corrected chi connectivity index (χ1v) is 9.45. The zero-order valence-electron chi connectivity index (χ0n) is 16.2. The average molecular weight is 376 g/mol. The molecule has 2 aromatic carbocycles. The molecular weight excluding hydrogens is 352 g/mol. The summed E-state index contributed by atoms with van der Waals surface area (Å²) in [4.78, 5) is 21.4. The van der Waals surface area contributed by atoms with Gasteiger partial charge in [-0.2, -0.15) is 0 Å². The number of urea groups is 1. The molecule has 1 fully saturated rings. The number of hydrogen-bond acceptors (Lipinski definition) is 4. The van der Waals surface area contributed by atoms with Crippen molar-refractivity contribution in [2.45, 2.75) is 6.92 Å². The van der Waals surface area contributed by atoms with E-state index in [1.54, 1.807) is 7.11 Å². The van der Waals surface area contributed by atoms with Crippen molar-refractivity contribution in [1.82, 2.24) is 9.88 Å². The van der Waals surface area contributed by atoms with Crippen molar-refractivity contribution in [1.29, 1.82) is 0 Å². The van der Waals surface area contributed by atoms with Crippen LogP contribution < -0.4 is 15.0 Å². The number of carbonyl (C=O) groups is 1. The number of ether oxygens (including phenoxy) is 1. The SMILES string of the molecule is COc1ccc(C)cc1NC(=O)N1CCN(c2cccc3cccnc23)CC1. The minimum absolute atomic E-state index is 0.0976. The maximum absolute atomic E-state index is 12.7. The van der Waals surface area contributed by atoms with Crippen LogP contribution in [-0.2, 0) is 0 Å². The van der Waals surface area contributed by atoms with E-state index in [1.165, 1.54) is 0 Å². The van der Waals surface area contributed by atoms with Crippen LogP contribution in [0.2, 0.25) is 0 Å². The van der Waals surface area contributed by atoms with Gasteiger partial charge >= 0.3 is 6.03 Å². The van der Waals surface area contributed by atoms with E-state index >= 15 is 0 Å². The molecule has 4 rings (SSSR count). The number of para-hydroxylation sites is 1. The second-order valence-electron chi connectivity index (χ2n) is 6.96. The summed E-state index contributed by atoms with van der Waals surface area (Å²) in [6, 6.07) is 15.9. The van der Waals surface area contributed by atoms with Crippen molar-refractivity contribution in [2.24, 2.45) is 0 Å². The van der Waals surface area contributed by atoms with E-state index in [9.17, 15) is 4.79 Å². The molecule has 0 unspecified atom stereocenters. The number of aromatic nitrogens is 1. The van der Waals surface area contributed by atoms with Gasteiger partial charge in [-0.05, 0) is 36.8 Å². The standard InChI is InChI=1S/C22H24N4O2/c1-16-8-9-20(28-2)18(15-16)24-22(27)26-13-11-25(12-14-26)19-7-3-5-17-6-4-10-23-21(17)19/h3-10,15H,11-14H2,1-2H3,(H,24,27). The van der Waals surface area contributed by atoms with Crippen LogP contribution in [0.4, 0.5) is 16.2 Å². The van der Waals surface area contributed by atoms with Gasteiger partial charge in [0.25, 0.3) is 0 Å². The summed E-state index contributed by atoms with van der Waals surface area (Å²) >= 11 is 0. The number of pyridine rings is 1. The molecule has 0 radical (unpaired) electrons. The van der Waals surface area contributed by atoms with E-state index in [2.05, 4.69) is 39.5 Å². The van der Waals surface area contributed by atoms with Crippen molar-refractivity contribution in [2.75, 3.05) is 43.5 Å². The van der Waals surface area contributed by atoms with Crippen molar-refractivity contribution < 1.29 is 9.53 Å². The average Bonchev–Trinajstić information content (AvgIpc) is 2.73. The van der Waals surface area contributed by atoms with Gasteiger partial charge in [0.2, 0.25) is 0 Å². The highest BCUT2D eigenvalue weighted by atomic mass is 16.5. The number of benzene rings is 2. The molecule has 0 atom stereocenters. The smallest absolute Gasteiger partial charge is 0.322 e. The molecule has 28 heavy (non-hydrogen) atoms. The van der Waals surface area contributed by atoms with Gasteiger partial charge in [-0.3, -0.25) is 4.98 Å². The Balaban J connectivity index is 1.44. The largest absolute Gasteiger partial charge is 0.495 e. The Bertz CT molecular complexity index is 991. The Morgan fingerprint density at radius 2 is 1.86 bits per heavy atom. The lowest BCUT2D eigenvalue weighted by atomic mass is 10.1. The summed E-state index contributed by atoms with van der Waals surface area (Å²) in [5.41, 5.74) is 3.91. The molecule has 0 bridgehead atoms. The molecule has 2 amide bonds. The predicted octanol–water partition coefficient (Wildman–Crippen LogP) is 3.91. The topological polar surface area (TPSA) is 57.7 Å². The minimum Gasteiger partial charge on any atom is -0.495 e. The zero-order valence-corrected chi connectivity index (χ0v) is 16.2. The summed E-state index contributed by atoms with van der Waals surface area (Å²) in [7, 11) is 1.61. The fourth-order valence-corrected chi connectivity index (χ4v) is 3.61. The Morgan fingerprint density at radius 3 is 2.64 bits per heavy atom. The number of rotatable bonds is 3. The van der Waals surface area contributed by atoms with Gasteiger partial charge in [0, 0.05) is 37.8 Å². The Hall–Kier alpha value is -3.28. The number of piperazine rings is 1. The molecule has 0 aliphatic carbocycles. The third kappa shape index (κ3) is 3.58. The lowest BCUT2D eigenvalue weighted by Crippen LogP contribution is -2.50. The molecule has 1 N–H and O–H groups in total. The van der Waals surface area contributed by atoms with Crippen LogP contribution in [0, 0.1) is 6.92 Å². The number of anilines is 2. The van der Waals surface area contributed by atoms with Gasteiger partial charge in [0.15, 0.2) is 0 Å². The monoisotopic (exact) mass is 376 g/mol. The molecule has 1 aromatic heterocycles. The van der Waals surface area contributed by atoms with Gasteiger partial charge in [0.05, 0.1) is 24.0 Å². The first kappa shape index (κ1) is 18.1. The third-order valence-electron chi connectivity index (χ3n) is 5.12. The fourth-order valence-electron chi connectivity index (χ4n) is 3.61. The van der Waals surface area contributed by atoms with Gasteiger partial charge in [-0.1, -0.05) is 24.3 Å². The second kappa shape index (κ2) is 7.76. The molecule has 0 spiro atoms. The van der Waals surface area contributed by atoms with Gasteiger partial charge in [-0.25, -0.2) is 4.79 Å². The van der Waals surface area contributed by atoms with Crippen LogP contribution >= 0.6 is 0 Å². The minimum atomic E-state index is -0.0976. The molecule has 6 heteroatoms. The van der Waals surface area contributed by atoms with E-state index in [1.807, 2.05) is 42.3 Å². The molecule has 1 aliphatic rings. The van der Waals surface area contributed by atoms with Crippen molar-refractivity contribution in [3.8, 4) is 5.75 Å². The summed E-state index contributed by atoms with van der Waals surface area (Å²) in [6.07, 6.45) is 1.82. The number of aryl methyl sites for hydroxylation is 1. The summed E-state index contributed by atoms with van der Waals surface area (Å²) in [6.45, 7) is 4.85. The molecule has 1 aliphatic heterocycles. The van der Waals surface area contributed by atoms with Crippen molar-refractivity contribution in [3.63, 3.8) is 0 Å².